The van der Waals surface area contributed by atoms with Gasteiger partial charge in [0.15, 0.2) is 11.5 Å². The predicted molar refractivity (Wildman–Crippen MR) is 321 cm³/mol. The molecule has 0 saturated carbocycles. The fraction of sp³-hybridized carbons (Fsp3) is 0.614. The molecule has 27 nitrogen and oxygen atoms in total. The summed E-state index contributed by atoms with van der Waals surface area (Å²) in [5.74, 6) is -6.86. The zero-order valence-corrected chi connectivity index (χ0v) is 50.6. The van der Waals surface area contributed by atoms with E-state index in [-0.39, 0.29) is 83.3 Å². The third-order valence-electron chi connectivity index (χ3n) is 13.8. The van der Waals surface area contributed by atoms with Crippen molar-refractivity contribution in [3.63, 3.8) is 0 Å². The highest BCUT2D eigenvalue weighted by atomic mass is 32.1. The minimum atomic E-state index is -1.46. The number of nitrogens with zero attached hydrogens (tertiary/aromatic N) is 7. The van der Waals surface area contributed by atoms with Gasteiger partial charge in [0.2, 0.25) is 60.0 Å². The van der Waals surface area contributed by atoms with Crippen molar-refractivity contribution in [1.82, 2.24) is 44.9 Å². The first kappa shape index (κ1) is 72.2. The first-order valence-corrected chi connectivity index (χ1v) is 29.6. The number of carbonyl (C=O) groups excluding carboxylic acids is 9. The Labute approximate surface area is 504 Å². The molecule has 2 aromatic rings. The zero-order valence-electron chi connectivity index (χ0n) is 49.7. The van der Waals surface area contributed by atoms with Crippen molar-refractivity contribution in [1.29, 1.82) is 0 Å². The fourth-order valence-electron chi connectivity index (χ4n) is 9.03. The van der Waals surface area contributed by atoms with Gasteiger partial charge in [-0.1, -0.05) is 50.2 Å². The van der Waals surface area contributed by atoms with Crippen LogP contribution < -0.4 is 48.8 Å². The Morgan fingerprint density at radius 2 is 1.06 bits per heavy atom. The van der Waals surface area contributed by atoms with E-state index < -0.39 is 111 Å². The molecule has 0 fully saturated rings. The highest BCUT2D eigenvalue weighted by molar-refractivity contribution is 7.80. The van der Waals surface area contributed by atoms with E-state index in [0.717, 1.165) is 17.7 Å². The number of carboxylic acids is 1. The number of nitrogens with one attached hydrogen (secondary N) is 2. The van der Waals surface area contributed by atoms with Crippen molar-refractivity contribution in [3.05, 3.63) is 59.7 Å². The molecule has 2 atom stereocenters. The number of hydrogen-bond donors (Lipinski definition) is 9. The summed E-state index contributed by atoms with van der Waals surface area (Å²) in [5, 5.41) is 15.2. The largest absolute Gasteiger partial charge is 0.480 e. The lowest BCUT2D eigenvalue weighted by molar-refractivity contribution is -0.150. The number of rotatable bonds is 43. The molecule has 0 saturated heterocycles. The molecule has 0 aliphatic carbocycles. The number of nitrogens with two attached hydrogens (primary N) is 5. The highest BCUT2D eigenvalue weighted by Crippen LogP contribution is 2.33. The van der Waals surface area contributed by atoms with Crippen LogP contribution in [0.4, 0.5) is 0 Å². The molecule has 1 heterocycles. The van der Waals surface area contributed by atoms with E-state index in [0.29, 0.717) is 85.7 Å². The maximum Gasteiger partial charge on any atom is 0.323 e. The molecule has 0 spiro atoms. The second-order valence-electron chi connectivity index (χ2n) is 21.2. The van der Waals surface area contributed by atoms with Gasteiger partial charge in [-0.15, -0.1) is 0 Å². The number of fused-ring (bicyclic) bond motifs is 1. The molecule has 13 N–H and O–H groups in total. The van der Waals surface area contributed by atoms with Gasteiger partial charge in [-0.2, -0.15) is 12.6 Å². The summed E-state index contributed by atoms with van der Waals surface area (Å²) in [6, 6.07) is 12.0. The predicted octanol–water partition coefficient (Wildman–Crippen LogP) is -1.34. The van der Waals surface area contributed by atoms with Crippen LogP contribution in [0.2, 0.25) is 0 Å². The van der Waals surface area contributed by atoms with E-state index in [9.17, 15) is 53.1 Å². The van der Waals surface area contributed by atoms with Gasteiger partial charge in [-0.3, -0.25) is 47.9 Å². The molecule has 0 bridgehead atoms. The number of primary amides is 1. The van der Waals surface area contributed by atoms with E-state index in [2.05, 4.69) is 23.3 Å². The van der Waals surface area contributed by atoms with E-state index >= 15 is 0 Å². The Bertz CT molecular complexity index is 2480. The summed E-state index contributed by atoms with van der Waals surface area (Å²) >= 11 is 4.01. The Morgan fingerprint density at radius 1 is 0.565 bits per heavy atom. The molecule has 85 heavy (non-hydrogen) atoms. The average Bonchev–Trinajstić information content (AvgIpc) is 4.11. The van der Waals surface area contributed by atoms with Crippen LogP contribution in [0.15, 0.2) is 48.5 Å². The molecular formula is C57H92N14O13S. The minimum absolute atomic E-state index is 0.0298. The summed E-state index contributed by atoms with van der Waals surface area (Å²) < 4.78 is 11.0. The number of hydrogen-bond acceptors (Lipinski definition) is 18. The van der Waals surface area contributed by atoms with Crippen LogP contribution in [-0.2, 0) is 54.5 Å². The molecular weight excluding hydrogens is 1120 g/mol. The standard InChI is InChI=1S/C57H92N14O13S/c1-41(2)29-68(53(77)35-69(49(73)28-63-23-11-7-19-58)30-43-17-18-46-47(27-43)84-40-83-46)34-51(75)65(24-12-8-20-59)32-50(74)67(26-14-10-22-61)36-55(79)71(42(3)44-15-5-4-6-16-44)37-54(78)66(25-13-9-21-60)33-52(76)70(38-56(80)81)31-48(72)64-45(39-85)57(62)82/h4-6,15-18,27,41-42,45,63,85H,7-14,19-26,28-40,58-61H2,1-3H3,(H2,62,82)(H,64,72)(H,80,81)/t42?,45-/m0/s1. The van der Waals surface area contributed by atoms with Gasteiger partial charge in [0.05, 0.1) is 38.8 Å². The molecule has 0 aromatic heterocycles. The quantitative estimate of drug-likeness (QED) is 0.0274. The van der Waals surface area contributed by atoms with Crippen molar-refractivity contribution in [2.45, 2.75) is 90.8 Å². The molecule has 1 aliphatic heterocycles. The summed E-state index contributed by atoms with van der Waals surface area (Å²) in [6.07, 6.45) is 3.98. The van der Waals surface area contributed by atoms with Crippen molar-refractivity contribution in [2.75, 3.05) is 130 Å². The number of aliphatic carboxylic acids is 1. The van der Waals surface area contributed by atoms with Gasteiger partial charge in [0.25, 0.3) is 0 Å². The van der Waals surface area contributed by atoms with Crippen molar-refractivity contribution in [3.8, 4) is 11.5 Å². The van der Waals surface area contributed by atoms with Crippen LogP contribution in [0.25, 0.3) is 0 Å². The molecule has 9 amide bonds. The Balaban J connectivity index is 1.97. The molecule has 1 aliphatic rings. The molecule has 1 unspecified atom stereocenters. The number of thiol groups is 1. The average molecular weight is 1210 g/mol. The Hall–Kier alpha value is -7.11. The smallest absolute Gasteiger partial charge is 0.323 e. The summed E-state index contributed by atoms with van der Waals surface area (Å²) in [6.45, 7) is 2.59. The number of carboxylic acid groups (broad SMARTS) is 1. The monoisotopic (exact) mass is 1210 g/mol. The van der Waals surface area contributed by atoms with Crippen LogP contribution in [0.1, 0.15) is 89.3 Å². The van der Waals surface area contributed by atoms with E-state index in [1.54, 1.807) is 55.5 Å². The van der Waals surface area contributed by atoms with Gasteiger partial charge < -0.3 is 88.2 Å². The molecule has 0 radical (unpaired) electrons. The third-order valence-corrected chi connectivity index (χ3v) is 14.1. The first-order valence-electron chi connectivity index (χ1n) is 29.0. The Kier molecular flexibility index (Phi) is 33.5. The van der Waals surface area contributed by atoms with Crippen LogP contribution in [-0.4, -0.2) is 235 Å². The number of benzene rings is 2. The number of unbranched alkanes of at least 4 members (excludes halogenated alkanes) is 4. The van der Waals surface area contributed by atoms with Gasteiger partial charge >= 0.3 is 5.97 Å². The zero-order chi connectivity index (χ0) is 62.8. The van der Waals surface area contributed by atoms with E-state index in [4.69, 9.17) is 38.1 Å². The van der Waals surface area contributed by atoms with Crippen LogP contribution in [0.5, 0.6) is 11.5 Å². The topological polar surface area (TPSA) is 386 Å². The van der Waals surface area contributed by atoms with Crippen molar-refractivity contribution < 1.29 is 62.5 Å². The van der Waals surface area contributed by atoms with Gasteiger partial charge in [-0.25, -0.2) is 0 Å². The molecule has 2 aromatic carbocycles. The minimum Gasteiger partial charge on any atom is -0.480 e. The Morgan fingerprint density at radius 3 is 1.59 bits per heavy atom. The van der Waals surface area contributed by atoms with E-state index in [1.807, 2.05) is 13.8 Å². The SMILES string of the molecule is CC(C)CN(CC(=O)N(CCCCN)CC(=O)N(CCCCN)CC(=O)N(CC(=O)N(CCCCN)CC(=O)N(CC(=O)O)CC(=O)N[C@@H](CS)C(N)=O)C(C)c1ccccc1)C(=O)CN(Cc1ccc2c(c1)OCO2)C(=O)CNCCCCN. The lowest BCUT2D eigenvalue weighted by Crippen LogP contribution is -2.54. The highest BCUT2D eigenvalue weighted by Gasteiger charge is 2.33. The molecule has 3 rings (SSSR count). The van der Waals surface area contributed by atoms with Gasteiger partial charge in [-0.05, 0) is 120 Å². The second-order valence-corrected chi connectivity index (χ2v) is 21.5. The third kappa shape index (κ3) is 26.4. The van der Waals surface area contributed by atoms with Crippen molar-refractivity contribution in [2.24, 2.45) is 34.6 Å². The van der Waals surface area contributed by atoms with Gasteiger partial charge in [0, 0.05) is 38.5 Å². The van der Waals surface area contributed by atoms with Crippen LogP contribution in [0, 0.1) is 5.92 Å². The van der Waals surface area contributed by atoms with Gasteiger partial charge in [0.1, 0.15) is 32.2 Å². The first-order chi connectivity index (χ1) is 40.7. The van der Waals surface area contributed by atoms with Crippen LogP contribution >= 0.6 is 12.6 Å². The lowest BCUT2D eigenvalue weighted by Gasteiger charge is -2.35. The maximum absolute atomic E-state index is 14.9. The second kappa shape index (κ2) is 39.5. The lowest BCUT2D eigenvalue weighted by atomic mass is 10.1. The normalized spacial score (nSPS) is 12.2. The fourth-order valence-corrected chi connectivity index (χ4v) is 9.30. The maximum atomic E-state index is 14.9. The molecule has 474 valence electrons. The number of carbonyl (C=O) groups is 10. The van der Waals surface area contributed by atoms with E-state index in [1.165, 1.54) is 24.5 Å². The number of amides is 9. The summed E-state index contributed by atoms with van der Waals surface area (Å²) in [4.78, 5) is 146. The summed E-state index contributed by atoms with van der Waals surface area (Å²) in [5.41, 5.74) is 29.8. The molecule has 28 heteroatoms. The van der Waals surface area contributed by atoms with Crippen molar-refractivity contribution >= 4 is 71.8 Å². The van der Waals surface area contributed by atoms with Crippen LogP contribution in [0.3, 0.4) is 0 Å². The number of ether oxygens (including phenoxy) is 2. The summed E-state index contributed by atoms with van der Waals surface area (Å²) in [7, 11) is 0.